The fourth-order valence-corrected chi connectivity index (χ4v) is 3.87. The van der Waals surface area contributed by atoms with Gasteiger partial charge in [-0.15, -0.1) is 0 Å². The molecule has 146 valence electrons. The molecule has 0 bridgehead atoms. The van der Waals surface area contributed by atoms with Crippen LogP contribution < -0.4 is 10.6 Å². The van der Waals surface area contributed by atoms with E-state index < -0.39 is 0 Å². The van der Waals surface area contributed by atoms with Gasteiger partial charge in [-0.1, -0.05) is 5.16 Å². The Kier molecular flexibility index (Phi) is 3.60. The van der Waals surface area contributed by atoms with E-state index >= 15 is 0 Å². The standard InChI is InChI=1S/C20H19N7O2/c1-9-17(10(2)29-26-9)13-5-15-12(6-16(13)28-4)18-19(14-7-22-8-23-14)24-11(3)25-20(18)27(15)21/h5-8H,21H2,1-4H3,(H,22,23). The Bertz CT molecular complexity index is 1360. The minimum atomic E-state index is 0.620. The van der Waals surface area contributed by atoms with Crippen LogP contribution in [0.4, 0.5) is 0 Å². The quantitative estimate of drug-likeness (QED) is 0.454. The van der Waals surface area contributed by atoms with Gasteiger partial charge >= 0.3 is 0 Å². The number of benzene rings is 1. The number of hydrogen-bond acceptors (Lipinski definition) is 7. The van der Waals surface area contributed by atoms with Crippen LogP contribution in [0.25, 0.3) is 44.5 Å². The van der Waals surface area contributed by atoms with E-state index in [9.17, 15) is 0 Å². The summed E-state index contributed by atoms with van der Waals surface area (Å²) in [7, 11) is 1.64. The maximum atomic E-state index is 6.48. The van der Waals surface area contributed by atoms with E-state index in [2.05, 4.69) is 25.1 Å². The van der Waals surface area contributed by atoms with Crippen molar-refractivity contribution in [1.29, 1.82) is 0 Å². The molecule has 1 aromatic carbocycles. The summed E-state index contributed by atoms with van der Waals surface area (Å²) in [4.78, 5) is 16.5. The van der Waals surface area contributed by atoms with Gasteiger partial charge in [0.15, 0.2) is 5.65 Å². The van der Waals surface area contributed by atoms with Crippen LogP contribution in [0.2, 0.25) is 0 Å². The zero-order valence-electron chi connectivity index (χ0n) is 16.4. The lowest BCUT2D eigenvalue weighted by Gasteiger charge is -2.09. The molecule has 0 aliphatic rings. The predicted molar refractivity (Wildman–Crippen MR) is 109 cm³/mol. The first-order valence-corrected chi connectivity index (χ1v) is 9.07. The van der Waals surface area contributed by atoms with Gasteiger partial charge in [0.1, 0.15) is 23.0 Å². The Morgan fingerprint density at radius 3 is 2.66 bits per heavy atom. The molecule has 0 unspecified atom stereocenters. The molecule has 0 fully saturated rings. The third kappa shape index (κ3) is 2.40. The van der Waals surface area contributed by atoms with Crippen molar-refractivity contribution in [1.82, 2.24) is 29.8 Å². The second-order valence-corrected chi connectivity index (χ2v) is 6.92. The number of ether oxygens (including phenoxy) is 1. The summed E-state index contributed by atoms with van der Waals surface area (Å²) in [5.41, 5.74) is 5.51. The lowest BCUT2D eigenvalue weighted by molar-refractivity contribution is 0.393. The number of nitrogen functional groups attached to an aromatic ring is 1. The van der Waals surface area contributed by atoms with Gasteiger partial charge in [-0.3, -0.25) is 0 Å². The highest BCUT2D eigenvalue weighted by Crippen LogP contribution is 2.41. The van der Waals surface area contributed by atoms with Crippen molar-refractivity contribution in [3.63, 3.8) is 0 Å². The van der Waals surface area contributed by atoms with Gasteiger partial charge in [-0.2, -0.15) is 0 Å². The first kappa shape index (κ1) is 17.2. The van der Waals surface area contributed by atoms with Gasteiger partial charge in [0.05, 0.1) is 47.5 Å². The second-order valence-electron chi connectivity index (χ2n) is 6.92. The largest absolute Gasteiger partial charge is 0.496 e. The number of nitrogens with zero attached hydrogens (tertiary/aromatic N) is 5. The van der Waals surface area contributed by atoms with Crippen LogP contribution >= 0.6 is 0 Å². The second kappa shape index (κ2) is 6.06. The summed E-state index contributed by atoms with van der Waals surface area (Å²) >= 11 is 0. The van der Waals surface area contributed by atoms with Gasteiger partial charge in [-0.25, -0.2) is 19.6 Å². The van der Waals surface area contributed by atoms with Crippen molar-refractivity contribution in [2.45, 2.75) is 20.8 Å². The summed E-state index contributed by atoms with van der Waals surface area (Å²) in [6.45, 7) is 5.62. The van der Waals surface area contributed by atoms with Crippen LogP contribution in [0.15, 0.2) is 29.2 Å². The molecule has 4 heterocycles. The molecule has 9 heteroatoms. The number of aryl methyl sites for hydroxylation is 3. The Hall–Kier alpha value is -3.88. The minimum Gasteiger partial charge on any atom is -0.496 e. The van der Waals surface area contributed by atoms with Crippen LogP contribution in [-0.4, -0.2) is 36.9 Å². The lowest BCUT2D eigenvalue weighted by atomic mass is 10.0. The molecule has 0 spiro atoms. The number of aromatic nitrogens is 6. The number of nitrogens with two attached hydrogens (primary N) is 1. The van der Waals surface area contributed by atoms with E-state index in [0.29, 0.717) is 23.0 Å². The molecule has 0 amide bonds. The zero-order valence-corrected chi connectivity index (χ0v) is 16.4. The molecule has 9 nitrogen and oxygen atoms in total. The highest BCUT2D eigenvalue weighted by atomic mass is 16.5. The zero-order chi connectivity index (χ0) is 20.3. The average molecular weight is 389 g/mol. The molecule has 4 aromatic heterocycles. The molecule has 0 atom stereocenters. The van der Waals surface area contributed by atoms with Crippen LogP contribution in [0, 0.1) is 20.8 Å². The predicted octanol–water partition coefficient (Wildman–Crippen LogP) is 3.28. The van der Waals surface area contributed by atoms with Crippen LogP contribution in [0.1, 0.15) is 17.3 Å². The summed E-state index contributed by atoms with van der Waals surface area (Å²) in [5, 5.41) is 5.79. The summed E-state index contributed by atoms with van der Waals surface area (Å²) in [5.74, 6) is 8.50. The molecule has 3 N–H and O–H groups in total. The smallest absolute Gasteiger partial charge is 0.163 e. The van der Waals surface area contributed by atoms with Gasteiger partial charge in [0.2, 0.25) is 0 Å². The van der Waals surface area contributed by atoms with Crippen molar-refractivity contribution in [3.8, 4) is 28.3 Å². The molecular formula is C20H19N7O2. The summed E-state index contributed by atoms with van der Waals surface area (Å²) in [6.07, 6.45) is 3.35. The van der Waals surface area contributed by atoms with Gasteiger partial charge < -0.3 is 20.1 Å². The molecule has 0 aliphatic carbocycles. The minimum absolute atomic E-state index is 0.620. The molecular weight excluding hydrogens is 370 g/mol. The van der Waals surface area contributed by atoms with E-state index in [4.69, 9.17) is 15.1 Å². The Labute approximate surface area is 165 Å². The van der Waals surface area contributed by atoms with Gasteiger partial charge in [-0.05, 0) is 32.9 Å². The third-order valence-electron chi connectivity index (χ3n) is 5.13. The van der Waals surface area contributed by atoms with E-state index in [0.717, 1.165) is 44.5 Å². The maximum Gasteiger partial charge on any atom is 0.163 e. The molecule has 0 radical (unpaired) electrons. The first-order valence-electron chi connectivity index (χ1n) is 9.07. The number of fused-ring (bicyclic) bond motifs is 3. The Morgan fingerprint density at radius 2 is 2.00 bits per heavy atom. The van der Waals surface area contributed by atoms with Crippen LogP contribution in [0.3, 0.4) is 0 Å². The van der Waals surface area contributed by atoms with Crippen LogP contribution in [0.5, 0.6) is 5.75 Å². The molecule has 0 aliphatic heterocycles. The summed E-state index contributed by atoms with van der Waals surface area (Å²) in [6, 6.07) is 3.94. The number of nitrogens with one attached hydrogen (secondary N) is 1. The monoisotopic (exact) mass is 389 g/mol. The Balaban J connectivity index is 1.93. The number of methoxy groups -OCH3 is 1. The summed E-state index contributed by atoms with van der Waals surface area (Å²) < 4.78 is 12.7. The molecule has 29 heavy (non-hydrogen) atoms. The number of rotatable bonds is 3. The number of H-pyrrole nitrogens is 1. The SMILES string of the molecule is COc1cc2c3c(-c4cnc[nH]4)nc(C)nc3n(N)c2cc1-c1c(C)noc1C. The molecule has 0 saturated heterocycles. The third-order valence-corrected chi connectivity index (χ3v) is 5.13. The lowest BCUT2D eigenvalue weighted by Crippen LogP contribution is -2.09. The fourth-order valence-electron chi connectivity index (χ4n) is 3.87. The van der Waals surface area contributed by atoms with E-state index in [-0.39, 0.29) is 0 Å². The highest BCUT2D eigenvalue weighted by molar-refractivity contribution is 6.14. The number of aromatic amines is 1. The number of hydrogen-bond donors (Lipinski definition) is 2. The van der Waals surface area contributed by atoms with Crippen LogP contribution in [-0.2, 0) is 0 Å². The number of imidazole rings is 1. The van der Waals surface area contributed by atoms with Gasteiger partial charge in [0, 0.05) is 10.9 Å². The van der Waals surface area contributed by atoms with E-state index in [1.807, 2.05) is 32.9 Å². The Morgan fingerprint density at radius 1 is 1.17 bits per heavy atom. The van der Waals surface area contributed by atoms with Crippen molar-refractivity contribution < 1.29 is 9.26 Å². The fraction of sp³-hybridized carbons (Fsp3) is 0.200. The molecule has 5 aromatic rings. The van der Waals surface area contributed by atoms with Crippen molar-refractivity contribution in [2.24, 2.45) is 0 Å². The van der Waals surface area contributed by atoms with Gasteiger partial charge in [0.25, 0.3) is 0 Å². The highest BCUT2D eigenvalue weighted by Gasteiger charge is 2.23. The van der Waals surface area contributed by atoms with Crippen molar-refractivity contribution in [2.75, 3.05) is 13.0 Å². The van der Waals surface area contributed by atoms with Crippen molar-refractivity contribution >= 4 is 21.9 Å². The van der Waals surface area contributed by atoms with E-state index in [1.54, 1.807) is 24.3 Å². The van der Waals surface area contributed by atoms with Crippen molar-refractivity contribution in [3.05, 3.63) is 41.9 Å². The topological polar surface area (TPSA) is 121 Å². The normalized spacial score (nSPS) is 11.6. The molecule has 5 rings (SSSR count). The molecule has 0 saturated carbocycles. The first-order chi connectivity index (χ1) is 14.0. The maximum absolute atomic E-state index is 6.48. The average Bonchev–Trinajstić information content (AvgIpc) is 3.41. The van der Waals surface area contributed by atoms with E-state index in [1.165, 1.54) is 0 Å².